The second-order valence-electron chi connectivity index (χ2n) is 3.46. The lowest BCUT2D eigenvalue weighted by Crippen LogP contribution is -2.41. The van der Waals surface area contributed by atoms with Crippen molar-refractivity contribution >= 4 is 22.0 Å². The Morgan fingerprint density at radius 3 is 1.40 bits per heavy atom. The third-order valence-corrected chi connectivity index (χ3v) is 3.12. The monoisotopic (exact) mass is 305 g/mol. The molecule has 0 radical (unpaired) electrons. The Balaban J connectivity index is 0. The van der Waals surface area contributed by atoms with Crippen molar-refractivity contribution in [3.63, 3.8) is 0 Å². The zero-order valence-corrected chi connectivity index (χ0v) is 13.0. The van der Waals surface area contributed by atoms with Crippen LogP contribution in [0, 0.1) is 0 Å². The zero-order valence-electron chi connectivity index (χ0n) is 12.2. The van der Waals surface area contributed by atoms with Crippen LogP contribution in [0.25, 0.3) is 0 Å². The molecule has 0 saturated heterocycles. The van der Waals surface area contributed by atoms with Crippen LogP contribution in [0.2, 0.25) is 0 Å². The van der Waals surface area contributed by atoms with Crippen molar-refractivity contribution in [3.8, 4) is 0 Å². The Morgan fingerprint density at radius 2 is 1.25 bits per heavy atom. The van der Waals surface area contributed by atoms with Crippen LogP contribution in [0.5, 0.6) is 0 Å². The van der Waals surface area contributed by atoms with Gasteiger partial charge in [0.15, 0.2) is 0 Å². The molecule has 0 atom stereocenters. The number of rotatable bonds is 7. The standard InChI is InChI=1S/C6H8N2O4S.C6H15N/c1-3-5(9)7-13(11,12)8-6(10)4-2;1-4-7(5-2)6-3/h3-4H,1-2H2,(H,7,9)(H,8,10);4-6H2,1-3H3. The second-order valence-corrected chi connectivity index (χ2v) is 4.88. The van der Waals surface area contributed by atoms with Crippen LogP contribution >= 0.6 is 0 Å². The summed E-state index contributed by atoms with van der Waals surface area (Å²) in [4.78, 5) is 23.4. The predicted octanol–water partition coefficient (Wildman–Crippen LogP) is 0.184. The highest BCUT2D eigenvalue weighted by molar-refractivity contribution is 7.88. The summed E-state index contributed by atoms with van der Waals surface area (Å²) in [7, 11) is -4.15. The van der Waals surface area contributed by atoms with Crippen molar-refractivity contribution in [2.75, 3.05) is 19.6 Å². The molecule has 0 aromatic rings. The molecule has 0 unspecified atom stereocenters. The summed E-state index contributed by atoms with van der Waals surface area (Å²) in [6.07, 6.45) is 1.52. The molecule has 0 heterocycles. The van der Waals surface area contributed by atoms with Crippen molar-refractivity contribution in [1.29, 1.82) is 0 Å². The zero-order chi connectivity index (χ0) is 16.2. The minimum Gasteiger partial charge on any atom is -0.304 e. The molecule has 0 aliphatic heterocycles. The van der Waals surface area contributed by atoms with Crippen LogP contribution in [-0.4, -0.2) is 44.8 Å². The molecule has 0 spiro atoms. The Bertz CT molecular complexity index is 394. The van der Waals surface area contributed by atoms with Gasteiger partial charge in [0.2, 0.25) is 0 Å². The van der Waals surface area contributed by atoms with Crippen LogP contribution in [0.3, 0.4) is 0 Å². The van der Waals surface area contributed by atoms with E-state index in [1.165, 1.54) is 29.1 Å². The lowest BCUT2D eigenvalue weighted by Gasteiger charge is -2.13. The maximum absolute atomic E-state index is 10.8. The largest absolute Gasteiger partial charge is 0.326 e. The van der Waals surface area contributed by atoms with Crippen LogP contribution in [0.15, 0.2) is 25.3 Å². The average molecular weight is 305 g/mol. The second kappa shape index (κ2) is 11.2. The van der Waals surface area contributed by atoms with Crippen molar-refractivity contribution < 1.29 is 18.0 Å². The van der Waals surface area contributed by atoms with E-state index >= 15 is 0 Å². The normalized spacial score (nSPS) is 10.0. The van der Waals surface area contributed by atoms with Gasteiger partial charge in [-0.05, 0) is 31.8 Å². The number of carbonyl (C=O) groups is 2. The number of nitrogens with one attached hydrogen (secondary N) is 2. The SMILES string of the molecule is C=CC(=O)NS(=O)(=O)NC(=O)C=C.CCN(CC)CC. The summed E-state index contributed by atoms with van der Waals surface area (Å²) in [6, 6.07) is 0. The first-order valence-corrected chi connectivity index (χ1v) is 7.60. The Labute approximate surface area is 120 Å². The van der Waals surface area contributed by atoms with Crippen LogP contribution < -0.4 is 9.44 Å². The van der Waals surface area contributed by atoms with Gasteiger partial charge >= 0.3 is 10.2 Å². The maximum Gasteiger partial charge on any atom is 0.326 e. The fraction of sp³-hybridized carbons (Fsp3) is 0.500. The highest BCUT2D eigenvalue weighted by Gasteiger charge is 2.13. The van der Waals surface area contributed by atoms with Gasteiger partial charge < -0.3 is 4.90 Å². The van der Waals surface area contributed by atoms with Gasteiger partial charge in [-0.25, -0.2) is 9.44 Å². The third kappa shape index (κ3) is 11.4. The van der Waals surface area contributed by atoms with Gasteiger partial charge in [-0.3, -0.25) is 9.59 Å². The molecule has 0 aromatic carbocycles. The fourth-order valence-electron chi connectivity index (χ4n) is 1.04. The molecular formula is C12H23N3O4S. The molecule has 116 valence electrons. The minimum absolute atomic E-state index is 0.762. The summed E-state index contributed by atoms with van der Waals surface area (Å²) in [5.74, 6) is -1.85. The van der Waals surface area contributed by atoms with Crippen molar-refractivity contribution in [3.05, 3.63) is 25.3 Å². The molecule has 2 N–H and O–H groups in total. The third-order valence-electron chi connectivity index (χ3n) is 2.18. The van der Waals surface area contributed by atoms with Gasteiger partial charge in [0.1, 0.15) is 0 Å². The summed E-state index contributed by atoms with van der Waals surface area (Å²) < 4.78 is 24.6. The average Bonchev–Trinajstić information content (AvgIpc) is 2.40. The molecule has 2 amide bonds. The summed E-state index contributed by atoms with van der Waals surface area (Å²) in [5, 5.41) is 0. The quantitative estimate of drug-likeness (QED) is 0.654. The first-order valence-electron chi connectivity index (χ1n) is 6.11. The molecule has 0 fully saturated rings. The van der Waals surface area contributed by atoms with Crippen LogP contribution in [0.4, 0.5) is 0 Å². The molecule has 0 aromatic heterocycles. The smallest absolute Gasteiger partial charge is 0.304 e. The molecule has 7 nitrogen and oxygen atoms in total. The van der Waals surface area contributed by atoms with Crippen molar-refractivity contribution in [1.82, 2.24) is 14.3 Å². The minimum atomic E-state index is -4.15. The highest BCUT2D eigenvalue weighted by Crippen LogP contribution is 1.81. The van der Waals surface area contributed by atoms with E-state index in [2.05, 4.69) is 38.8 Å². The number of nitrogens with zero attached hydrogens (tertiary/aromatic N) is 1. The van der Waals surface area contributed by atoms with Gasteiger partial charge in [0, 0.05) is 0 Å². The number of carbonyl (C=O) groups excluding carboxylic acids is 2. The Morgan fingerprint density at radius 1 is 0.950 bits per heavy atom. The van der Waals surface area contributed by atoms with E-state index in [1.807, 2.05) is 0 Å². The van der Waals surface area contributed by atoms with Crippen molar-refractivity contribution in [2.24, 2.45) is 0 Å². The van der Waals surface area contributed by atoms with Crippen molar-refractivity contribution in [2.45, 2.75) is 20.8 Å². The Hall–Kier alpha value is -1.67. The van der Waals surface area contributed by atoms with E-state index in [4.69, 9.17) is 0 Å². The summed E-state index contributed by atoms with van der Waals surface area (Å²) >= 11 is 0. The molecule has 0 bridgehead atoms. The molecule has 0 aliphatic carbocycles. The van der Waals surface area contributed by atoms with Gasteiger partial charge in [0.25, 0.3) is 11.8 Å². The van der Waals surface area contributed by atoms with Gasteiger partial charge in [-0.1, -0.05) is 33.9 Å². The Kier molecular flexibility index (Phi) is 11.5. The van der Waals surface area contributed by atoms with E-state index in [9.17, 15) is 18.0 Å². The van der Waals surface area contributed by atoms with Crippen LogP contribution in [0.1, 0.15) is 20.8 Å². The van der Waals surface area contributed by atoms with E-state index in [1.54, 1.807) is 0 Å². The molecule has 8 heteroatoms. The first-order chi connectivity index (χ1) is 9.26. The van der Waals surface area contributed by atoms with E-state index in [0.717, 1.165) is 12.2 Å². The summed E-state index contributed by atoms with van der Waals surface area (Å²) in [6.45, 7) is 16.2. The molecule has 0 rings (SSSR count). The van der Waals surface area contributed by atoms with Crippen LogP contribution in [-0.2, 0) is 19.8 Å². The lowest BCUT2D eigenvalue weighted by molar-refractivity contribution is -0.114. The van der Waals surface area contributed by atoms with Gasteiger partial charge in [0.05, 0.1) is 0 Å². The van der Waals surface area contributed by atoms with E-state index in [-0.39, 0.29) is 0 Å². The highest BCUT2D eigenvalue weighted by atomic mass is 32.2. The maximum atomic E-state index is 10.8. The molecule has 20 heavy (non-hydrogen) atoms. The van der Waals surface area contributed by atoms with Gasteiger partial charge in [-0.15, -0.1) is 0 Å². The fourth-order valence-corrected chi connectivity index (χ4v) is 1.79. The van der Waals surface area contributed by atoms with E-state index in [0.29, 0.717) is 0 Å². The lowest BCUT2D eigenvalue weighted by atomic mass is 10.5. The first kappa shape index (κ1) is 20.6. The molecular weight excluding hydrogens is 282 g/mol. The summed E-state index contributed by atoms with van der Waals surface area (Å²) in [5.41, 5.74) is 0. The topological polar surface area (TPSA) is 95.6 Å². The number of hydrogen-bond donors (Lipinski definition) is 2. The number of amides is 2. The molecule has 0 aliphatic rings. The number of hydrogen-bond acceptors (Lipinski definition) is 5. The van der Waals surface area contributed by atoms with E-state index < -0.39 is 22.0 Å². The predicted molar refractivity (Wildman–Crippen MR) is 79.1 cm³/mol. The van der Waals surface area contributed by atoms with Gasteiger partial charge in [-0.2, -0.15) is 8.42 Å². The molecule has 0 saturated carbocycles.